The Labute approximate surface area is 161 Å². The van der Waals surface area contributed by atoms with Crippen molar-refractivity contribution in [3.63, 3.8) is 0 Å². The first-order valence-electron chi connectivity index (χ1n) is 9.85. The van der Waals surface area contributed by atoms with Crippen LogP contribution in [0.2, 0.25) is 0 Å². The number of ether oxygens (including phenoxy) is 1. The summed E-state index contributed by atoms with van der Waals surface area (Å²) in [5, 5.41) is 3.01. The number of hydrogen-bond donors (Lipinski definition) is 1. The first-order chi connectivity index (χ1) is 13.2. The molecular weight excluding hydrogens is 338 g/mol. The number of pyridine rings is 1. The molecule has 2 heterocycles. The summed E-state index contributed by atoms with van der Waals surface area (Å²) < 4.78 is 5.17. The van der Waals surface area contributed by atoms with Crippen LogP contribution < -0.4 is 15.0 Å². The highest BCUT2D eigenvalue weighted by Gasteiger charge is 2.22. The molecule has 0 saturated carbocycles. The van der Waals surface area contributed by atoms with Crippen LogP contribution in [0.5, 0.6) is 5.75 Å². The molecule has 27 heavy (non-hydrogen) atoms. The number of benzene rings is 1. The van der Waals surface area contributed by atoms with E-state index in [9.17, 15) is 4.79 Å². The average Bonchev–Trinajstić information content (AvgIpc) is 2.74. The fourth-order valence-corrected chi connectivity index (χ4v) is 3.66. The zero-order chi connectivity index (χ0) is 19.1. The second-order valence-electron chi connectivity index (χ2n) is 7.01. The molecule has 1 aliphatic heterocycles. The zero-order valence-electron chi connectivity index (χ0n) is 16.3. The van der Waals surface area contributed by atoms with E-state index in [4.69, 9.17) is 4.74 Å². The summed E-state index contributed by atoms with van der Waals surface area (Å²) in [4.78, 5) is 19.4. The maximum Gasteiger partial charge on any atom is 0.251 e. The third kappa shape index (κ3) is 5.00. The van der Waals surface area contributed by atoms with Gasteiger partial charge in [-0.1, -0.05) is 19.1 Å². The molecule has 1 atom stereocenters. The molecule has 1 aromatic carbocycles. The lowest BCUT2D eigenvalue weighted by atomic mass is 10.00. The van der Waals surface area contributed by atoms with Crippen molar-refractivity contribution in [2.45, 2.75) is 45.1 Å². The van der Waals surface area contributed by atoms with Crippen LogP contribution in [0.4, 0.5) is 5.82 Å². The van der Waals surface area contributed by atoms with Gasteiger partial charge in [0.05, 0.1) is 7.11 Å². The van der Waals surface area contributed by atoms with E-state index >= 15 is 0 Å². The summed E-state index contributed by atoms with van der Waals surface area (Å²) in [6.45, 7) is 3.84. The highest BCUT2D eigenvalue weighted by atomic mass is 16.5. The van der Waals surface area contributed by atoms with E-state index in [1.807, 2.05) is 30.3 Å². The Bertz CT molecular complexity index is 745. The summed E-state index contributed by atoms with van der Waals surface area (Å²) >= 11 is 0. The molecule has 1 saturated heterocycles. The lowest BCUT2D eigenvalue weighted by Crippen LogP contribution is -2.39. The second kappa shape index (κ2) is 9.40. The first-order valence-corrected chi connectivity index (χ1v) is 9.85. The Morgan fingerprint density at radius 2 is 2.07 bits per heavy atom. The number of hydrogen-bond acceptors (Lipinski definition) is 4. The minimum atomic E-state index is -0.0442. The predicted octanol–water partition coefficient (Wildman–Crippen LogP) is 3.83. The minimum Gasteiger partial charge on any atom is -0.497 e. The van der Waals surface area contributed by atoms with E-state index in [1.165, 1.54) is 24.8 Å². The molecule has 3 rings (SSSR count). The van der Waals surface area contributed by atoms with Crippen LogP contribution in [0.3, 0.4) is 0 Å². The van der Waals surface area contributed by atoms with Gasteiger partial charge in [-0.25, -0.2) is 4.98 Å². The molecule has 1 fully saturated rings. The van der Waals surface area contributed by atoms with Gasteiger partial charge >= 0.3 is 0 Å². The third-order valence-corrected chi connectivity index (χ3v) is 5.26. The molecule has 0 aliphatic carbocycles. The van der Waals surface area contributed by atoms with E-state index in [0.29, 0.717) is 18.2 Å². The van der Waals surface area contributed by atoms with Crippen molar-refractivity contribution in [1.29, 1.82) is 0 Å². The Morgan fingerprint density at radius 1 is 1.26 bits per heavy atom. The summed E-state index contributed by atoms with van der Waals surface area (Å²) in [5.41, 5.74) is 1.85. The Morgan fingerprint density at radius 3 is 2.81 bits per heavy atom. The van der Waals surface area contributed by atoms with Gasteiger partial charge in [-0.2, -0.15) is 0 Å². The largest absolute Gasteiger partial charge is 0.497 e. The Kier molecular flexibility index (Phi) is 6.69. The number of piperidine rings is 1. The van der Waals surface area contributed by atoms with Gasteiger partial charge in [-0.05, 0) is 61.9 Å². The molecule has 1 N–H and O–H groups in total. The van der Waals surface area contributed by atoms with Crippen LogP contribution in [-0.4, -0.2) is 37.1 Å². The maximum absolute atomic E-state index is 12.5. The van der Waals surface area contributed by atoms with Crippen LogP contribution >= 0.6 is 0 Å². The molecule has 1 aliphatic rings. The van der Waals surface area contributed by atoms with Gasteiger partial charge in [0.2, 0.25) is 0 Å². The molecular formula is C22H29N3O2. The fourth-order valence-electron chi connectivity index (χ4n) is 3.66. The van der Waals surface area contributed by atoms with E-state index in [0.717, 1.165) is 31.0 Å². The normalized spacial score (nSPS) is 16.8. The van der Waals surface area contributed by atoms with Crippen LogP contribution in [0.25, 0.3) is 0 Å². The van der Waals surface area contributed by atoms with Crippen molar-refractivity contribution in [3.8, 4) is 5.75 Å². The monoisotopic (exact) mass is 367 g/mol. The molecule has 5 heteroatoms. The van der Waals surface area contributed by atoms with Gasteiger partial charge in [0.25, 0.3) is 5.91 Å². The highest BCUT2D eigenvalue weighted by molar-refractivity contribution is 5.94. The zero-order valence-corrected chi connectivity index (χ0v) is 16.3. The van der Waals surface area contributed by atoms with Crippen LogP contribution in [0.1, 0.15) is 48.5 Å². The SMILES string of the molecule is CCC1CCCCN1c1cc(C(=O)NCCc2ccc(OC)cc2)ccn1. The van der Waals surface area contributed by atoms with Crippen LogP contribution in [0.15, 0.2) is 42.6 Å². The fraction of sp³-hybridized carbons (Fsp3) is 0.455. The Balaban J connectivity index is 1.58. The van der Waals surface area contributed by atoms with Gasteiger partial charge in [0.15, 0.2) is 0 Å². The Hall–Kier alpha value is -2.56. The first kappa shape index (κ1) is 19.2. The third-order valence-electron chi connectivity index (χ3n) is 5.26. The van der Waals surface area contributed by atoms with Crippen molar-refractivity contribution in [2.24, 2.45) is 0 Å². The summed E-state index contributed by atoms with van der Waals surface area (Å²) in [5.74, 6) is 1.72. The van der Waals surface area contributed by atoms with Crippen molar-refractivity contribution in [3.05, 3.63) is 53.7 Å². The number of aromatic nitrogens is 1. The quantitative estimate of drug-likeness (QED) is 0.808. The van der Waals surface area contributed by atoms with Crippen LogP contribution in [-0.2, 0) is 6.42 Å². The van der Waals surface area contributed by atoms with Crippen molar-refractivity contribution in [1.82, 2.24) is 10.3 Å². The molecule has 2 aromatic rings. The summed E-state index contributed by atoms with van der Waals surface area (Å²) in [6.07, 6.45) is 7.32. The van der Waals surface area contributed by atoms with E-state index in [1.54, 1.807) is 19.4 Å². The number of amides is 1. The van der Waals surface area contributed by atoms with Crippen molar-refractivity contribution < 1.29 is 9.53 Å². The summed E-state index contributed by atoms with van der Waals surface area (Å²) in [7, 11) is 1.66. The maximum atomic E-state index is 12.5. The number of nitrogens with zero attached hydrogens (tertiary/aromatic N) is 2. The molecule has 0 spiro atoms. The standard InChI is InChI=1S/C22H29N3O2/c1-3-19-6-4-5-15-25(19)21-16-18(12-14-23-21)22(26)24-13-11-17-7-9-20(27-2)10-8-17/h7-10,12,14,16,19H,3-6,11,13,15H2,1-2H3,(H,24,26). The number of anilines is 1. The predicted molar refractivity (Wildman–Crippen MR) is 109 cm³/mol. The number of methoxy groups -OCH3 is 1. The minimum absolute atomic E-state index is 0.0442. The lowest BCUT2D eigenvalue weighted by molar-refractivity contribution is 0.0954. The van der Waals surface area contributed by atoms with Crippen molar-refractivity contribution >= 4 is 11.7 Å². The van der Waals surface area contributed by atoms with Crippen LogP contribution in [0, 0.1) is 0 Å². The lowest BCUT2D eigenvalue weighted by Gasteiger charge is -2.36. The van der Waals surface area contributed by atoms with Gasteiger partial charge < -0.3 is 15.0 Å². The van der Waals surface area contributed by atoms with E-state index in [-0.39, 0.29) is 5.91 Å². The molecule has 0 bridgehead atoms. The number of carbonyl (C=O) groups excluding carboxylic acids is 1. The second-order valence-corrected chi connectivity index (χ2v) is 7.01. The summed E-state index contributed by atoms with van der Waals surface area (Å²) in [6, 6.07) is 12.2. The topological polar surface area (TPSA) is 54.5 Å². The molecule has 1 amide bonds. The van der Waals surface area contributed by atoms with Crippen molar-refractivity contribution in [2.75, 3.05) is 25.1 Å². The smallest absolute Gasteiger partial charge is 0.251 e. The number of rotatable bonds is 7. The molecule has 1 unspecified atom stereocenters. The number of nitrogens with one attached hydrogen (secondary N) is 1. The van der Waals surface area contributed by atoms with E-state index in [2.05, 4.69) is 22.1 Å². The molecule has 1 aromatic heterocycles. The van der Waals surface area contributed by atoms with Gasteiger partial charge in [0.1, 0.15) is 11.6 Å². The van der Waals surface area contributed by atoms with Gasteiger partial charge in [-0.15, -0.1) is 0 Å². The average molecular weight is 367 g/mol. The van der Waals surface area contributed by atoms with Gasteiger partial charge in [0, 0.05) is 30.9 Å². The molecule has 5 nitrogen and oxygen atoms in total. The molecule has 144 valence electrons. The molecule has 0 radical (unpaired) electrons. The number of carbonyl (C=O) groups is 1. The van der Waals surface area contributed by atoms with Gasteiger partial charge in [-0.3, -0.25) is 4.79 Å². The highest BCUT2D eigenvalue weighted by Crippen LogP contribution is 2.25. The van der Waals surface area contributed by atoms with E-state index < -0.39 is 0 Å².